The summed E-state index contributed by atoms with van der Waals surface area (Å²) in [6.07, 6.45) is 4.48. The van der Waals surface area contributed by atoms with Crippen LogP contribution in [-0.4, -0.2) is 15.9 Å². The zero-order valence-corrected chi connectivity index (χ0v) is 10.6. The van der Waals surface area contributed by atoms with Crippen LogP contribution in [0.3, 0.4) is 0 Å². The molecule has 0 spiro atoms. The second-order valence-electron chi connectivity index (χ2n) is 3.82. The summed E-state index contributed by atoms with van der Waals surface area (Å²) in [7, 11) is 0. The standard InChI is InChI=1S/C12H14N4OS/c13-12-16-10(8-18-12)3-4-11(17)15-7-9-2-1-5-14-6-9/h1-2,5-6,8H,3-4,7H2,(H2,13,16)(H,15,17). The van der Waals surface area contributed by atoms with Gasteiger partial charge in [-0.2, -0.15) is 0 Å². The Morgan fingerprint density at radius 3 is 3.06 bits per heavy atom. The van der Waals surface area contributed by atoms with Gasteiger partial charge in [0.1, 0.15) is 0 Å². The maximum absolute atomic E-state index is 11.6. The van der Waals surface area contributed by atoms with Gasteiger partial charge in [-0.1, -0.05) is 6.07 Å². The van der Waals surface area contributed by atoms with Crippen molar-refractivity contribution in [1.29, 1.82) is 0 Å². The Morgan fingerprint density at radius 2 is 2.39 bits per heavy atom. The Bertz CT molecular complexity index is 512. The number of nitrogens with zero attached hydrogens (tertiary/aromatic N) is 2. The third kappa shape index (κ3) is 3.81. The molecule has 3 N–H and O–H groups in total. The van der Waals surface area contributed by atoms with Crippen molar-refractivity contribution in [2.24, 2.45) is 0 Å². The lowest BCUT2D eigenvalue weighted by Crippen LogP contribution is -2.23. The van der Waals surface area contributed by atoms with E-state index in [2.05, 4.69) is 15.3 Å². The molecule has 0 fully saturated rings. The maximum Gasteiger partial charge on any atom is 0.220 e. The predicted octanol–water partition coefficient (Wildman–Crippen LogP) is 1.37. The van der Waals surface area contributed by atoms with Crippen molar-refractivity contribution in [2.45, 2.75) is 19.4 Å². The SMILES string of the molecule is Nc1nc(CCC(=O)NCc2cccnc2)cs1. The van der Waals surface area contributed by atoms with Gasteiger partial charge < -0.3 is 11.1 Å². The van der Waals surface area contributed by atoms with Crippen molar-refractivity contribution in [1.82, 2.24) is 15.3 Å². The van der Waals surface area contributed by atoms with Crippen molar-refractivity contribution in [3.63, 3.8) is 0 Å². The number of aromatic nitrogens is 2. The molecule has 0 aliphatic heterocycles. The second-order valence-corrected chi connectivity index (χ2v) is 4.70. The first-order valence-corrected chi connectivity index (χ1v) is 6.47. The van der Waals surface area contributed by atoms with Crippen LogP contribution < -0.4 is 11.1 Å². The van der Waals surface area contributed by atoms with E-state index in [0.29, 0.717) is 24.5 Å². The maximum atomic E-state index is 11.6. The number of nitrogens with two attached hydrogens (primary N) is 1. The number of thiazole rings is 1. The average molecular weight is 262 g/mol. The van der Waals surface area contributed by atoms with Crippen LogP contribution in [0.5, 0.6) is 0 Å². The Balaban J connectivity index is 1.73. The zero-order chi connectivity index (χ0) is 12.8. The zero-order valence-electron chi connectivity index (χ0n) is 9.80. The largest absolute Gasteiger partial charge is 0.375 e. The number of nitrogen functional groups attached to an aromatic ring is 1. The number of hydrogen-bond acceptors (Lipinski definition) is 5. The lowest BCUT2D eigenvalue weighted by Gasteiger charge is -2.03. The van der Waals surface area contributed by atoms with Gasteiger partial charge in [-0.05, 0) is 18.1 Å². The second kappa shape index (κ2) is 6.11. The summed E-state index contributed by atoms with van der Waals surface area (Å²) in [4.78, 5) is 19.7. The highest BCUT2D eigenvalue weighted by atomic mass is 32.1. The highest BCUT2D eigenvalue weighted by Gasteiger charge is 2.04. The van der Waals surface area contributed by atoms with Gasteiger partial charge in [0.05, 0.1) is 5.69 Å². The first kappa shape index (κ1) is 12.5. The van der Waals surface area contributed by atoms with Gasteiger partial charge in [0.2, 0.25) is 5.91 Å². The van der Waals surface area contributed by atoms with E-state index in [1.54, 1.807) is 12.4 Å². The summed E-state index contributed by atoms with van der Waals surface area (Å²) in [6, 6.07) is 3.77. The van der Waals surface area contributed by atoms with Crippen LogP contribution in [0.25, 0.3) is 0 Å². The molecule has 0 radical (unpaired) electrons. The van der Waals surface area contributed by atoms with E-state index in [4.69, 9.17) is 5.73 Å². The number of nitrogens with one attached hydrogen (secondary N) is 1. The van der Waals surface area contributed by atoms with E-state index < -0.39 is 0 Å². The summed E-state index contributed by atoms with van der Waals surface area (Å²) < 4.78 is 0. The fraction of sp³-hybridized carbons (Fsp3) is 0.250. The fourth-order valence-electron chi connectivity index (χ4n) is 1.47. The number of pyridine rings is 1. The third-order valence-corrected chi connectivity index (χ3v) is 3.11. The lowest BCUT2D eigenvalue weighted by atomic mass is 10.2. The van der Waals surface area contributed by atoms with Gasteiger partial charge in [-0.3, -0.25) is 9.78 Å². The van der Waals surface area contributed by atoms with Crippen LogP contribution in [0.2, 0.25) is 0 Å². The molecule has 6 heteroatoms. The van der Waals surface area contributed by atoms with E-state index in [0.717, 1.165) is 11.3 Å². The van der Waals surface area contributed by atoms with Gasteiger partial charge in [0.15, 0.2) is 5.13 Å². The summed E-state index contributed by atoms with van der Waals surface area (Å²) in [5, 5.41) is 5.26. The normalized spacial score (nSPS) is 10.2. The minimum absolute atomic E-state index is 0.00502. The van der Waals surface area contributed by atoms with E-state index in [1.165, 1.54) is 11.3 Å². The van der Waals surface area contributed by atoms with Gasteiger partial charge in [0, 0.05) is 30.7 Å². The Hall–Kier alpha value is -1.95. The van der Waals surface area contributed by atoms with Crippen molar-refractivity contribution < 1.29 is 4.79 Å². The topological polar surface area (TPSA) is 80.9 Å². The van der Waals surface area contributed by atoms with Crippen LogP contribution in [0, 0.1) is 0 Å². The van der Waals surface area contributed by atoms with Crippen LogP contribution in [0.15, 0.2) is 29.9 Å². The van der Waals surface area contributed by atoms with Crippen LogP contribution in [0.4, 0.5) is 5.13 Å². The number of carbonyl (C=O) groups is 1. The minimum Gasteiger partial charge on any atom is -0.375 e. The molecule has 0 unspecified atom stereocenters. The molecule has 0 aromatic carbocycles. The predicted molar refractivity (Wildman–Crippen MR) is 70.9 cm³/mol. The molecule has 0 aliphatic rings. The number of hydrogen-bond donors (Lipinski definition) is 2. The minimum atomic E-state index is 0.00502. The van der Waals surface area contributed by atoms with E-state index in [1.807, 2.05) is 17.5 Å². The summed E-state index contributed by atoms with van der Waals surface area (Å²) in [6.45, 7) is 0.506. The first-order valence-electron chi connectivity index (χ1n) is 5.59. The van der Waals surface area contributed by atoms with Gasteiger partial charge >= 0.3 is 0 Å². The van der Waals surface area contributed by atoms with Crippen molar-refractivity contribution in [2.75, 3.05) is 5.73 Å². The molecule has 0 saturated carbocycles. The quantitative estimate of drug-likeness (QED) is 0.852. The van der Waals surface area contributed by atoms with Gasteiger partial charge in [-0.25, -0.2) is 4.98 Å². The van der Waals surface area contributed by atoms with Crippen LogP contribution in [0.1, 0.15) is 17.7 Å². The lowest BCUT2D eigenvalue weighted by molar-refractivity contribution is -0.121. The van der Waals surface area contributed by atoms with E-state index in [9.17, 15) is 4.79 Å². The smallest absolute Gasteiger partial charge is 0.220 e. The number of anilines is 1. The Kier molecular flexibility index (Phi) is 4.25. The van der Waals surface area contributed by atoms with E-state index in [-0.39, 0.29) is 5.91 Å². The highest BCUT2D eigenvalue weighted by Crippen LogP contribution is 2.12. The van der Waals surface area contributed by atoms with Crippen LogP contribution >= 0.6 is 11.3 Å². The Morgan fingerprint density at radius 1 is 1.50 bits per heavy atom. The van der Waals surface area contributed by atoms with Gasteiger partial charge in [-0.15, -0.1) is 11.3 Å². The molecule has 0 atom stereocenters. The monoisotopic (exact) mass is 262 g/mol. The molecule has 18 heavy (non-hydrogen) atoms. The molecule has 5 nitrogen and oxygen atoms in total. The Labute approximate surface area is 109 Å². The number of carbonyl (C=O) groups excluding carboxylic acids is 1. The fourth-order valence-corrected chi connectivity index (χ4v) is 2.07. The molecule has 2 aromatic rings. The number of amides is 1. The summed E-state index contributed by atoms with van der Waals surface area (Å²) in [5.74, 6) is 0.00502. The van der Waals surface area contributed by atoms with Crippen LogP contribution in [-0.2, 0) is 17.8 Å². The molecular formula is C12H14N4OS. The molecular weight excluding hydrogens is 248 g/mol. The van der Waals surface area contributed by atoms with E-state index >= 15 is 0 Å². The molecule has 2 rings (SSSR count). The third-order valence-electron chi connectivity index (χ3n) is 2.39. The molecule has 94 valence electrons. The highest BCUT2D eigenvalue weighted by molar-refractivity contribution is 7.13. The number of aryl methyl sites for hydroxylation is 1. The molecule has 0 aliphatic carbocycles. The first-order chi connectivity index (χ1) is 8.74. The van der Waals surface area contributed by atoms with Crippen molar-refractivity contribution in [3.05, 3.63) is 41.2 Å². The summed E-state index contributed by atoms with van der Waals surface area (Å²) in [5.41, 5.74) is 7.38. The molecule has 0 saturated heterocycles. The van der Waals surface area contributed by atoms with Crippen molar-refractivity contribution in [3.8, 4) is 0 Å². The molecule has 1 amide bonds. The number of rotatable bonds is 5. The van der Waals surface area contributed by atoms with Crippen molar-refractivity contribution >= 4 is 22.4 Å². The van der Waals surface area contributed by atoms with Gasteiger partial charge in [0.25, 0.3) is 0 Å². The average Bonchev–Trinajstić information content (AvgIpc) is 2.81. The molecule has 2 heterocycles. The molecule has 0 bridgehead atoms. The molecule has 2 aromatic heterocycles. The summed E-state index contributed by atoms with van der Waals surface area (Å²) >= 11 is 1.39.